The van der Waals surface area contributed by atoms with Crippen molar-refractivity contribution in [3.05, 3.63) is 32.9 Å². The maximum atomic E-state index is 13.8. The molecule has 0 bridgehead atoms. The van der Waals surface area contributed by atoms with Crippen molar-refractivity contribution in [1.29, 1.82) is 0 Å². The second kappa shape index (κ2) is 13.8. The molecule has 0 saturated carbocycles. The summed E-state index contributed by atoms with van der Waals surface area (Å²) >= 11 is 13.4. The zero-order chi connectivity index (χ0) is 30.6. The van der Waals surface area contributed by atoms with Crippen molar-refractivity contribution in [2.75, 3.05) is 19.0 Å². The standard InChI is InChI=1S/C22H33Cl2FN3O10PS/c1-11(2)37-17(31)12(3)27-39(34,35-7-8-40-19(32)21(4,5)6)36-10-14-15(29)22(23,24)18(38-14)28-9-13(25)16(30)26-20(28)33/h9,11-12,14-15,18,29H,7-8,10H2,1-6H3,(H,27,34)(H,26,30,33)/t12-,14+,15+,18+,39?/m0/s1. The number of halogens is 3. The first-order valence-corrected chi connectivity index (χ1v) is 15.3. The first-order valence-electron chi connectivity index (χ1n) is 12.1. The van der Waals surface area contributed by atoms with Gasteiger partial charge < -0.3 is 14.6 Å². The Bertz CT molecular complexity index is 1240. The largest absolute Gasteiger partial charge is 0.462 e. The van der Waals surface area contributed by atoms with Gasteiger partial charge in [-0.05, 0) is 20.8 Å². The van der Waals surface area contributed by atoms with Crippen LogP contribution in [0.15, 0.2) is 15.8 Å². The van der Waals surface area contributed by atoms with Crippen molar-refractivity contribution >= 4 is 53.8 Å². The third-order valence-corrected chi connectivity index (χ3v) is 8.99. The Morgan fingerprint density at radius 1 is 1.30 bits per heavy atom. The Hall–Kier alpha value is -1.29. The highest BCUT2D eigenvalue weighted by Gasteiger charge is 2.56. The molecule has 5 atom stereocenters. The molecule has 0 aromatic carbocycles. The van der Waals surface area contributed by atoms with Crippen molar-refractivity contribution in [2.45, 2.75) is 76.5 Å². The van der Waals surface area contributed by atoms with Gasteiger partial charge in [0.15, 0.2) is 15.7 Å². The maximum absolute atomic E-state index is 13.8. The fourth-order valence-corrected chi connectivity index (χ4v) is 6.14. The van der Waals surface area contributed by atoms with Gasteiger partial charge in [0.2, 0.25) is 5.82 Å². The minimum atomic E-state index is -4.34. The number of nitrogens with zero attached hydrogens (tertiary/aromatic N) is 1. The Labute approximate surface area is 244 Å². The van der Waals surface area contributed by atoms with Crippen molar-refractivity contribution in [1.82, 2.24) is 14.6 Å². The molecule has 1 aromatic rings. The molecule has 2 heterocycles. The van der Waals surface area contributed by atoms with Gasteiger partial charge in [-0.3, -0.25) is 33.0 Å². The number of carbonyl (C=O) groups is 2. The lowest BCUT2D eigenvalue weighted by molar-refractivity contribution is -0.149. The van der Waals surface area contributed by atoms with Crippen LogP contribution in [0.25, 0.3) is 0 Å². The number of aromatic nitrogens is 2. The minimum Gasteiger partial charge on any atom is -0.462 e. The number of rotatable bonds is 12. The molecule has 1 aromatic heterocycles. The number of nitrogens with one attached hydrogen (secondary N) is 2. The molecule has 18 heteroatoms. The van der Waals surface area contributed by atoms with E-state index in [9.17, 15) is 33.2 Å². The zero-order valence-corrected chi connectivity index (χ0v) is 25.9. The van der Waals surface area contributed by atoms with Gasteiger partial charge in [0.25, 0.3) is 5.56 Å². The molecule has 40 heavy (non-hydrogen) atoms. The van der Waals surface area contributed by atoms with Gasteiger partial charge in [-0.2, -0.15) is 4.39 Å². The first-order chi connectivity index (χ1) is 18.3. The second-order valence-electron chi connectivity index (χ2n) is 10.1. The van der Waals surface area contributed by atoms with Crippen LogP contribution in [0.2, 0.25) is 0 Å². The third kappa shape index (κ3) is 9.10. The van der Waals surface area contributed by atoms with Crippen LogP contribution in [0, 0.1) is 11.2 Å². The number of alkyl halides is 2. The molecule has 228 valence electrons. The Kier molecular flexibility index (Phi) is 12.0. The molecule has 13 nitrogen and oxygen atoms in total. The van der Waals surface area contributed by atoms with E-state index in [4.69, 9.17) is 41.7 Å². The summed E-state index contributed by atoms with van der Waals surface area (Å²) in [6, 6.07) is -1.16. The van der Waals surface area contributed by atoms with Crippen LogP contribution in [-0.4, -0.2) is 73.4 Å². The van der Waals surface area contributed by atoms with Crippen LogP contribution >= 0.6 is 42.7 Å². The van der Waals surface area contributed by atoms with E-state index < -0.39 is 77.7 Å². The van der Waals surface area contributed by atoms with E-state index in [0.29, 0.717) is 10.8 Å². The van der Waals surface area contributed by atoms with Crippen molar-refractivity contribution < 1.29 is 42.2 Å². The van der Waals surface area contributed by atoms with E-state index in [1.807, 2.05) is 0 Å². The summed E-state index contributed by atoms with van der Waals surface area (Å²) in [5.41, 5.74) is -3.02. The molecule has 1 fully saturated rings. The minimum absolute atomic E-state index is 0.105. The fourth-order valence-electron chi connectivity index (χ4n) is 3.16. The zero-order valence-electron chi connectivity index (χ0n) is 22.6. The van der Waals surface area contributed by atoms with Crippen LogP contribution in [0.3, 0.4) is 0 Å². The van der Waals surface area contributed by atoms with Crippen molar-refractivity contribution in [3.8, 4) is 0 Å². The van der Waals surface area contributed by atoms with Gasteiger partial charge in [0.1, 0.15) is 18.2 Å². The van der Waals surface area contributed by atoms with Gasteiger partial charge in [-0.25, -0.2) is 14.4 Å². The number of esters is 1. The Morgan fingerprint density at radius 3 is 2.50 bits per heavy atom. The molecule has 0 spiro atoms. The number of ether oxygens (including phenoxy) is 2. The molecular formula is C22H33Cl2FN3O10PS. The van der Waals surface area contributed by atoms with Gasteiger partial charge in [0.05, 0.1) is 25.5 Å². The van der Waals surface area contributed by atoms with Crippen LogP contribution < -0.4 is 16.3 Å². The highest BCUT2D eigenvalue weighted by atomic mass is 35.5. The lowest BCUT2D eigenvalue weighted by Gasteiger charge is -2.25. The number of hydrogen-bond donors (Lipinski definition) is 3. The highest BCUT2D eigenvalue weighted by Crippen LogP contribution is 2.49. The van der Waals surface area contributed by atoms with E-state index in [2.05, 4.69) is 5.09 Å². The molecule has 0 aliphatic carbocycles. The van der Waals surface area contributed by atoms with Crippen LogP contribution in [0.5, 0.6) is 0 Å². The molecule has 0 amide bonds. The summed E-state index contributed by atoms with van der Waals surface area (Å²) in [6.07, 6.45) is -4.84. The normalized spacial score (nSPS) is 23.1. The van der Waals surface area contributed by atoms with Crippen LogP contribution in [0.4, 0.5) is 4.39 Å². The lowest BCUT2D eigenvalue weighted by atomic mass is 10.00. The average molecular weight is 652 g/mol. The topological polar surface area (TPSA) is 175 Å². The monoisotopic (exact) mass is 651 g/mol. The number of thioether (sulfide) groups is 1. The van der Waals surface area contributed by atoms with E-state index in [1.54, 1.807) is 39.6 Å². The number of aliphatic hydroxyl groups excluding tert-OH is 1. The SMILES string of the molecule is CC(C)OC(=O)[C@H](C)NP(=O)(OCCSC(=O)C(C)(C)C)OC[C@H]1O[C@@H](n2cc(F)c(=O)[nH]c2=O)C(Cl)(Cl)[C@@H]1O. The molecule has 1 aliphatic heterocycles. The van der Waals surface area contributed by atoms with Crippen LogP contribution in [0.1, 0.15) is 47.8 Å². The highest BCUT2D eigenvalue weighted by molar-refractivity contribution is 8.13. The summed E-state index contributed by atoms with van der Waals surface area (Å²) in [5.74, 6) is -1.99. The second-order valence-corrected chi connectivity index (χ2v) is 14.4. The lowest BCUT2D eigenvalue weighted by Crippen LogP contribution is -2.42. The quantitative estimate of drug-likeness (QED) is 0.130. The predicted molar refractivity (Wildman–Crippen MR) is 146 cm³/mol. The average Bonchev–Trinajstić information content (AvgIpc) is 3.05. The van der Waals surface area contributed by atoms with E-state index >= 15 is 0 Å². The summed E-state index contributed by atoms with van der Waals surface area (Å²) in [4.78, 5) is 49.7. The molecule has 0 radical (unpaired) electrons. The van der Waals surface area contributed by atoms with Gasteiger partial charge in [-0.1, -0.05) is 55.7 Å². The molecule has 1 unspecified atom stereocenters. The molecule has 1 saturated heterocycles. The summed E-state index contributed by atoms with van der Waals surface area (Å²) < 4.78 is 47.2. The van der Waals surface area contributed by atoms with E-state index in [1.165, 1.54) is 6.92 Å². The maximum Gasteiger partial charge on any atom is 0.406 e. The summed E-state index contributed by atoms with van der Waals surface area (Å²) in [7, 11) is -4.34. The third-order valence-electron chi connectivity index (χ3n) is 5.21. The molecule has 2 rings (SSSR count). The number of aromatic amines is 1. The Morgan fingerprint density at radius 2 is 1.93 bits per heavy atom. The number of hydrogen-bond acceptors (Lipinski definition) is 11. The molecule has 3 N–H and O–H groups in total. The van der Waals surface area contributed by atoms with E-state index in [-0.39, 0.29) is 17.5 Å². The number of H-pyrrole nitrogens is 1. The fraction of sp³-hybridized carbons (Fsp3) is 0.727. The van der Waals surface area contributed by atoms with Crippen LogP contribution in [-0.2, 0) is 32.7 Å². The van der Waals surface area contributed by atoms with Crippen molar-refractivity contribution in [3.63, 3.8) is 0 Å². The number of carbonyl (C=O) groups excluding carboxylic acids is 2. The summed E-state index contributed by atoms with van der Waals surface area (Å²) in [5, 5.41) is 13.0. The smallest absolute Gasteiger partial charge is 0.406 e. The van der Waals surface area contributed by atoms with E-state index in [0.717, 1.165) is 11.8 Å². The number of aliphatic hydroxyl groups is 1. The molecule has 1 aliphatic rings. The first kappa shape index (κ1) is 34.9. The van der Waals surface area contributed by atoms with Gasteiger partial charge >= 0.3 is 19.4 Å². The van der Waals surface area contributed by atoms with Gasteiger partial charge in [0, 0.05) is 11.2 Å². The van der Waals surface area contributed by atoms with Crippen molar-refractivity contribution in [2.24, 2.45) is 5.41 Å². The predicted octanol–water partition coefficient (Wildman–Crippen LogP) is 2.48. The molecular weight excluding hydrogens is 619 g/mol. The Balaban J connectivity index is 2.19. The van der Waals surface area contributed by atoms with Gasteiger partial charge in [-0.15, -0.1) is 0 Å². The summed E-state index contributed by atoms with van der Waals surface area (Å²) in [6.45, 7) is 8.90.